The van der Waals surface area contributed by atoms with Crippen molar-refractivity contribution in [2.24, 2.45) is 11.8 Å². The quantitative estimate of drug-likeness (QED) is 0.718. The van der Waals surface area contributed by atoms with Crippen LogP contribution >= 0.6 is 0 Å². The summed E-state index contributed by atoms with van der Waals surface area (Å²) >= 11 is 0. The second-order valence-corrected chi connectivity index (χ2v) is 7.36. The van der Waals surface area contributed by atoms with Crippen molar-refractivity contribution in [2.45, 2.75) is 52.9 Å². The Bertz CT molecular complexity index is 526. The molecule has 140 valence electrons. The van der Waals surface area contributed by atoms with Gasteiger partial charge in [-0.25, -0.2) is 9.97 Å². The van der Waals surface area contributed by atoms with E-state index in [1.54, 1.807) is 6.33 Å². The van der Waals surface area contributed by atoms with Gasteiger partial charge < -0.3 is 15.5 Å². The molecule has 6 nitrogen and oxygen atoms in total. The van der Waals surface area contributed by atoms with Crippen LogP contribution in [0.1, 0.15) is 52.9 Å². The molecule has 1 aliphatic heterocycles. The summed E-state index contributed by atoms with van der Waals surface area (Å²) in [5.74, 6) is 3.24. The standard InChI is InChI=1S/C19H33N5O/c1-4-9-20-17-12-18(23-14-22-17)24-10-7-16(8-11-24)5-6-19(25)21-13-15(2)3/h12,14-16H,4-11,13H2,1-3H3,(H,21,25)(H,20,22,23). The maximum Gasteiger partial charge on any atom is 0.220 e. The van der Waals surface area contributed by atoms with E-state index in [0.717, 1.165) is 63.5 Å². The molecule has 0 aromatic carbocycles. The molecule has 0 aliphatic carbocycles. The Kier molecular flexibility index (Phi) is 7.95. The molecule has 2 rings (SSSR count). The Morgan fingerprint density at radius 2 is 2.08 bits per heavy atom. The van der Waals surface area contributed by atoms with E-state index in [1.165, 1.54) is 0 Å². The zero-order chi connectivity index (χ0) is 18.1. The molecule has 0 unspecified atom stereocenters. The maximum atomic E-state index is 11.9. The van der Waals surface area contributed by atoms with E-state index in [4.69, 9.17) is 0 Å². The van der Waals surface area contributed by atoms with Gasteiger partial charge in [-0.3, -0.25) is 4.79 Å². The lowest BCUT2D eigenvalue weighted by Gasteiger charge is -2.32. The topological polar surface area (TPSA) is 70.2 Å². The van der Waals surface area contributed by atoms with Gasteiger partial charge in [-0.15, -0.1) is 0 Å². The number of amides is 1. The largest absolute Gasteiger partial charge is 0.370 e. The SMILES string of the molecule is CCCNc1cc(N2CCC(CCC(=O)NCC(C)C)CC2)ncn1. The summed E-state index contributed by atoms with van der Waals surface area (Å²) in [4.78, 5) is 22.9. The lowest BCUT2D eigenvalue weighted by Crippen LogP contribution is -2.35. The van der Waals surface area contributed by atoms with Gasteiger partial charge in [0.05, 0.1) is 0 Å². The van der Waals surface area contributed by atoms with E-state index < -0.39 is 0 Å². The highest BCUT2D eigenvalue weighted by atomic mass is 16.1. The van der Waals surface area contributed by atoms with Crippen LogP contribution in [0.4, 0.5) is 11.6 Å². The number of nitrogens with zero attached hydrogens (tertiary/aromatic N) is 3. The molecular formula is C19H33N5O. The first-order chi connectivity index (χ1) is 12.1. The number of carbonyl (C=O) groups is 1. The van der Waals surface area contributed by atoms with Gasteiger partial charge in [0, 0.05) is 38.7 Å². The van der Waals surface area contributed by atoms with E-state index in [2.05, 4.69) is 46.3 Å². The summed E-state index contributed by atoms with van der Waals surface area (Å²) in [5.41, 5.74) is 0. The van der Waals surface area contributed by atoms with Crippen LogP contribution in [0.5, 0.6) is 0 Å². The smallest absolute Gasteiger partial charge is 0.220 e. The number of nitrogens with one attached hydrogen (secondary N) is 2. The lowest BCUT2D eigenvalue weighted by molar-refractivity contribution is -0.121. The van der Waals surface area contributed by atoms with E-state index in [0.29, 0.717) is 18.3 Å². The zero-order valence-corrected chi connectivity index (χ0v) is 15.9. The third kappa shape index (κ3) is 6.88. The third-order valence-electron chi connectivity index (χ3n) is 4.63. The normalized spacial score (nSPS) is 15.4. The molecule has 2 N–H and O–H groups in total. The van der Waals surface area contributed by atoms with Crippen molar-refractivity contribution < 1.29 is 4.79 Å². The molecule has 6 heteroatoms. The monoisotopic (exact) mass is 347 g/mol. The van der Waals surface area contributed by atoms with Gasteiger partial charge in [0.1, 0.15) is 18.0 Å². The minimum absolute atomic E-state index is 0.193. The highest BCUT2D eigenvalue weighted by molar-refractivity contribution is 5.75. The van der Waals surface area contributed by atoms with Gasteiger partial charge in [0.15, 0.2) is 0 Å². The number of piperidine rings is 1. The summed E-state index contributed by atoms with van der Waals surface area (Å²) in [7, 11) is 0. The number of anilines is 2. The number of hydrogen-bond acceptors (Lipinski definition) is 5. The highest BCUT2D eigenvalue weighted by Gasteiger charge is 2.21. The number of carbonyl (C=O) groups excluding carboxylic acids is 1. The first-order valence-electron chi connectivity index (χ1n) is 9.66. The highest BCUT2D eigenvalue weighted by Crippen LogP contribution is 2.25. The summed E-state index contributed by atoms with van der Waals surface area (Å²) in [5, 5.41) is 6.32. The van der Waals surface area contributed by atoms with Crippen LogP contribution in [0.15, 0.2) is 12.4 Å². The fourth-order valence-electron chi connectivity index (χ4n) is 3.06. The minimum Gasteiger partial charge on any atom is -0.370 e. The molecule has 0 spiro atoms. The summed E-state index contributed by atoms with van der Waals surface area (Å²) < 4.78 is 0. The fourth-order valence-corrected chi connectivity index (χ4v) is 3.06. The van der Waals surface area contributed by atoms with Crippen molar-refractivity contribution in [2.75, 3.05) is 36.4 Å². The van der Waals surface area contributed by atoms with Crippen LogP contribution in [0.25, 0.3) is 0 Å². The second-order valence-electron chi connectivity index (χ2n) is 7.36. The molecule has 1 aromatic rings. The molecule has 0 saturated carbocycles. The Morgan fingerprint density at radius 3 is 2.76 bits per heavy atom. The predicted octanol–water partition coefficient (Wildman–Crippen LogP) is 3.07. The van der Waals surface area contributed by atoms with E-state index >= 15 is 0 Å². The molecule has 1 aliphatic rings. The number of aromatic nitrogens is 2. The van der Waals surface area contributed by atoms with Crippen LogP contribution in [0.2, 0.25) is 0 Å². The first-order valence-corrected chi connectivity index (χ1v) is 9.66. The van der Waals surface area contributed by atoms with E-state index in [-0.39, 0.29) is 5.91 Å². The summed E-state index contributed by atoms with van der Waals surface area (Å²) in [6.45, 7) is 10.1. The van der Waals surface area contributed by atoms with Crippen molar-refractivity contribution >= 4 is 17.5 Å². The van der Waals surface area contributed by atoms with Gasteiger partial charge >= 0.3 is 0 Å². The Balaban J connectivity index is 1.73. The first kappa shape index (κ1) is 19.5. The molecule has 1 aromatic heterocycles. The van der Waals surface area contributed by atoms with Crippen LogP contribution in [-0.2, 0) is 4.79 Å². The molecule has 0 radical (unpaired) electrons. The molecule has 2 heterocycles. The molecule has 1 fully saturated rings. The van der Waals surface area contributed by atoms with Gasteiger partial charge in [0.2, 0.25) is 5.91 Å². The average Bonchev–Trinajstić information content (AvgIpc) is 2.63. The molecular weight excluding hydrogens is 314 g/mol. The summed E-state index contributed by atoms with van der Waals surface area (Å²) in [6, 6.07) is 2.04. The van der Waals surface area contributed by atoms with Gasteiger partial charge in [-0.1, -0.05) is 20.8 Å². The molecule has 0 bridgehead atoms. The van der Waals surface area contributed by atoms with E-state index in [1.807, 2.05) is 6.07 Å². The number of hydrogen-bond donors (Lipinski definition) is 2. The minimum atomic E-state index is 0.193. The van der Waals surface area contributed by atoms with Crippen molar-refractivity contribution in [1.82, 2.24) is 15.3 Å². The fraction of sp³-hybridized carbons (Fsp3) is 0.737. The van der Waals surface area contributed by atoms with Crippen molar-refractivity contribution in [3.05, 3.63) is 12.4 Å². The number of rotatable bonds is 9. The van der Waals surface area contributed by atoms with E-state index in [9.17, 15) is 4.79 Å². The Morgan fingerprint density at radius 1 is 1.32 bits per heavy atom. The summed E-state index contributed by atoms with van der Waals surface area (Å²) in [6.07, 6.45) is 6.60. The van der Waals surface area contributed by atoms with Crippen molar-refractivity contribution in [3.8, 4) is 0 Å². The van der Waals surface area contributed by atoms with Crippen LogP contribution in [-0.4, -0.2) is 42.1 Å². The van der Waals surface area contributed by atoms with Crippen molar-refractivity contribution in [3.63, 3.8) is 0 Å². The van der Waals surface area contributed by atoms with Gasteiger partial charge in [-0.2, -0.15) is 0 Å². The Labute approximate surface area is 151 Å². The van der Waals surface area contributed by atoms with Gasteiger partial charge in [0.25, 0.3) is 0 Å². The van der Waals surface area contributed by atoms with Crippen LogP contribution in [0.3, 0.4) is 0 Å². The third-order valence-corrected chi connectivity index (χ3v) is 4.63. The second kappa shape index (κ2) is 10.2. The molecule has 25 heavy (non-hydrogen) atoms. The zero-order valence-electron chi connectivity index (χ0n) is 15.9. The molecule has 0 atom stereocenters. The lowest BCUT2D eigenvalue weighted by atomic mass is 9.92. The average molecular weight is 348 g/mol. The van der Waals surface area contributed by atoms with Crippen LogP contribution < -0.4 is 15.5 Å². The molecule has 1 amide bonds. The molecule has 1 saturated heterocycles. The Hall–Kier alpha value is -1.85. The van der Waals surface area contributed by atoms with Crippen molar-refractivity contribution in [1.29, 1.82) is 0 Å². The predicted molar refractivity (Wildman–Crippen MR) is 103 cm³/mol. The maximum absolute atomic E-state index is 11.9. The van der Waals surface area contributed by atoms with Gasteiger partial charge in [-0.05, 0) is 37.5 Å². The van der Waals surface area contributed by atoms with Crippen LogP contribution in [0, 0.1) is 11.8 Å².